The molecule has 1 aromatic carbocycles. The quantitative estimate of drug-likeness (QED) is 0.563. The molecular weight excluding hydrogens is 365 g/mol. The van der Waals surface area contributed by atoms with Crippen LogP contribution in [-0.4, -0.2) is 25.1 Å². The summed E-state index contributed by atoms with van der Waals surface area (Å²) in [5, 5.41) is 4.32. The van der Waals surface area contributed by atoms with Crippen molar-refractivity contribution in [1.29, 1.82) is 0 Å². The van der Waals surface area contributed by atoms with E-state index in [1.807, 2.05) is 6.92 Å². The molecule has 1 aliphatic rings. The van der Waals surface area contributed by atoms with Crippen LogP contribution in [0.3, 0.4) is 0 Å². The van der Waals surface area contributed by atoms with E-state index in [1.165, 1.54) is 24.4 Å². The second-order valence-electron chi connectivity index (χ2n) is 6.99. The fourth-order valence-electron chi connectivity index (χ4n) is 3.55. The summed E-state index contributed by atoms with van der Waals surface area (Å²) in [5.74, 6) is 0.379. The van der Waals surface area contributed by atoms with E-state index < -0.39 is 16.7 Å². The minimum Gasteiger partial charge on any atom is -0.334 e. The molecule has 0 bridgehead atoms. The van der Waals surface area contributed by atoms with Gasteiger partial charge in [-0.3, -0.25) is 14.8 Å². The van der Waals surface area contributed by atoms with Crippen molar-refractivity contribution in [2.75, 3.05) is 0 Å². The van der Waals surface area contributed by atoms with Crippen molar-refractivity contribution in [2.45, 2.75) is 25.2 Å². The van der Waals surface area contributed by atoms with Crippen LogP contribution in [0, 0.1) is 12.7 Å². The van der Waals surface area contributed by atoms with Gasteiger partial charge >= 0.3 is 5.69 Å². The molecule has 1 aliphatic carbocycles. The number of hydrogen-bond acceptors (Lipinski definition) is 6. The maximum atomic E-state index is 13.8. The molecule has 0 unspecified atom stereocenters. The highest BCUT2D eigenvalue weighted by Crippen LogP contribution is 2.53. The van der Waals surface area contributed by atoms with Crippen molar-refractivity contribution >= 4 is 11.0 Å². The first-order chi connectivity index (χ1) is 13.5. The van der Waals surface area contributed by atoms with Gasteiger partial charge in [0.25, 0.3) is 11.4 Å². The second kappa shape index (κ2) is 5.69. The number of pyridine rings is 1. The van der Waals surface area contributed by atoms with E-state index in [2.05, 4.69) is 25.1 Å². The summed E-state index contributed by atoms with van der Waals surface area (Å²) >= 11 is 0. The van der Waals surface area contributed by atoms with Crippen LogP contribution in [0.2, 0.25) is 0 Å². The second-order valence-corrected chi connectivity index (χ2v) is 6.99. The molecule has 3 heterocycles. The molecular formula is C19H14FN5O3. The lowest BCUT2D eigenvalue weighted by molar-refractivity contribution is 0.417. The van der Waals surface area contributed by atoms with Crippen molar-refractivity contribution < 1.29 is 8.91 Å². The molecule has 0 aliphatic heterocycles. The smallest absolute Gasteiger partial charge is 0.327 e. The number of rotatable bonds is 3. The largest absolute Gasteiger partial charge is 0.334 e. The Kier molecular flexibility index (Phi) is 3.36. The Balaban J connectivity index is 1.59. The molecule has 1 fully saturated rings. The van der Waals surface area contributed by atoms with Crippen molar-refractivity contribution in [3.05, 3.63) is 74.1 Å². The molecule has 8 nitrogen and oxygen atoms in total. The van der Waals surface area contributed by atoms with E-state index in [-0.39, 0.29) is 22.7 Å². The zero-order chi connectivity index (χ0) is 19.5. The number of nitrogens with zero attached hydrogens (tertiary/aromatic N) is 3. The van der Waals surface area contributed by atoms with Crippen molar-refractivity contribution in [2.24, 2.45) is 0 Å². The van der Waals surface area contributed by atoms with Crippen molar-refractivity contribution in [3.8, 4) is 11.5 Å². The number of hydrogen-bond donors (Lipinski definition) is 2. The summed E-state index contributed by atoms with van der Waals surface area (Å²) in [7, 11) is 0. The Labute approximate surface area is 156 Å². The Hall–Kier alpha value is -3.62. The van der Waals surface area contributed by atoms with Gasteiger partial charge in [-0.15, -0.1) is 0 Å². The van der Waals surface area contributed by atoms with E-state index in [0.717, 1.165) is 24.0 Å². The highest BCUT2D eigenvalue weighted by atomic mass is 19.1. The third kappa shape index (κ3) is 2.47. The summed E-state index contributed by atoms with van der Waals surface area (Å²) in [5.41, 5.74) is 0.808. The fraction of sp³-hybridized carbons (Fsp3) is 0.211. The summed E-state index contributed by atoms with van der Waals surface area (Å²) in [6.45, 7) is 1.93. The third-order valence-electron chi connectivity index (χ3n) is 5.16. The van der Waals surface area contributed by atoms with Gasteiger partial charge in [-0.25, -0.2) is 14.2 Å². The van der Waals surface area contributed by atoms with Gasteiger partial charge in [-0.05, 0) is 49.1 Å². The van der Waals surface area contributed by atoms with Crippen LogP contribution >= 0.6 is 0 Å². The van der Waals surface area contributed by atoms with Crippen LogP contribution in [0.15, 0.2) is 44.6 Å². The Bertz CT molecular complexity index is 1350. The molecule has 140 valence electrons. The highest BCUT2D eigenvalue weighted by molar-refractivity contribution is 5.77. The number of fused-ring (bicyclic) bond motifs is 1. The van der Waals surface area contributed by atoms with Gasteiger partial charge in [0.2, 0.25) is 0 Å². The maximum absolute atomic E-state index is 13.8. The van der Waals surface area contributed by atoms with Crippen LogP contribution in [0.4, 0.5) is 4.39 Å². The van der Waals surface area contributed by atoms with Gasteiger partial charge in [-0.2, -0.15) is 4.98 Å². The molecule has 28 heavy (non-hydrogen) atoms. The molecule has 4 aromatic rings. The highest BCUT2D eigenvalue weighted by Gasteiger charge is 2.51. The molecule has 3 aromatic heterocycles. The van der Waals surface area contributed by atoms with Crippen LogP contribution in [-0.2, 0) is 5.41 Å². The van der Waals surface area contributed by atoms with Gasteiger partial charge in [0.05, 0.1) is 16.4 Å². The van der Waals surface area contributed by atoms with E-state index in [0.29, 0.717) is 11.4 Å². The van der Waals surface area contributed by atoms with Gasteiger partial charge in [-0.1, -0.05) is 11.2 Å². The molecule has 2 N–H and O–H groups in total. The fourth-order valence-corrected chi connectivity index (χ4v) is 3.55. The molecule has 9 heteroatoms. The van der Waals surface area contributed by atoms with Crippen LogP contribution < -0.4 is 11.2 Å². The molecule has 5 rings (SSSR count). The standard InChI is InChI=1S/C19H14FN5O3/c1-9-2-3-11(20)7-13(9)19(4-5-19)17-24-16(28-25-17)10-6-12-14(21-8-10)22-18(27)23-15(12)26/h2-3,6-8H,4-5H2,1H3,(H2,21,22,23,26,27). The zero-order valence-corrected chi connectivity index (χ0v) is 14.7. The molecule has 0 saturated heterocycles. The average Bonchev–Trinajstić information content (AvgIpc) is 3.32. The van der Waals surface area contributed by atoms with E-state index in [1.54, 1.807) is 6.07 Å². The molecule has 1 saturated carbocycles. The van der Waals surface area contributed by atoms with Crippen LogP contribution in [0.5, 0.6) is 0 Å². The molecule has 0 radical (unpaired) electrons. The summed E-state index contributed by atoms with van der Waals surface area (Å²) < 4.78 is 19.2. The zero-order valence-electron chi connectivity index (χ0n) is 14.7. The summed E-state index contributed by atoms with van der Waals surface area (Å²) in [6.07, 6.45) is 3.04. The lowest BCUT2D eigenvalue weighted by Crippen LogP contribution is -2.22. The van der Waals surface area contributed by atoms with Crippen LogP contribution in [0.1, 0.15) is 29.8 Å². The third-order valence-corrected chi connectivity index (χ3v) is 5.16. The number of aromatic amines is 2. The lowest BCUT2D eigenvalue weighted by Gasteiger charge is -2.14. The number of H-pyrrole nitrogens is 2. The summed E-state index contributed by atoms with van der Waals surface area (Å²) in [4.78, 5) is 36.5. The first-order valence-corrected chi connectivity index (χ1v) is 8.70. The SMILES string of the molecule is Cc1ccc(F)cc1C1(c2noc(-c3cnc4[nH]c(=O)[nH]c(=O)c4c3)n2)CC1. The number of benzene rings is 1. The topological polar surface area (TPSA) is 118 Å². The Morgan fingerprint density at radius 2 is 2.00 bits per heavy atom. The first-order valence-electron chi connectivity index (χ1n) is 8.70. The van der Waals surface area contributed by atoms with Gasteiger partial charge < -0.3 is 4.52 Å². The average molecular weight is 379 g/mol. The summed E-state index contributed by atoms with van der Waals surface area (Å²) in [6, 6.07) is 6.22. The maximum Gasteiger partial charge on any atom is 0.327 e. The van der Waals surface area contributed by atoms with E-state index >= 15 is 0 Å². The number of aromatic nitrogens is 5. The predicted molar refractivity (Wildman–Crippen MR) is 97.4 cm³/mol. The Morgan fingerprint density at radius 1 is 1.18 bits per heavy atom. The van der Waals surface area contributed by atoms with E-state index in [4.69, 9.17) is 4.52 Å². The minimum absolute atomic E-state index is 0.172. The number of halogens is 1. The molecule has 0 spiro atoms. The normalized spacial score (nSPS) is 15.1. The predicted octanol–water partition coefficient (Wildman–Crippen LogP) is 2.19. The van der Waals surface area contributed by atoms with E-state index in [9.17, 15) is 14.0 Å². The molecule has 0 amide bonds. The van der Waals surface area contributed by atoms with Gasteiger partial charge in [0.15, 0.2) is 5.82 Å². The van der Waals surface area contributed by atoms with Gasteiger partial charge in [0, 0.05) is 6.20 Å². The Morgan fingerprint density at radius 3 is 2.79 bits per heavy atom. The molecule has 0 atom stereocenters. The number of aryl methyl sites for hydroxylation is 1. The monoisotopic (exact) mass is 379 g/mol. The lowest BCUT2D eigenvalue weighted by atomic mass is 9.91. The first kappa shape index (κ1) is 16.5. The van der Waals surface area contributed by atoms with Crippen LogP contribution in [0.25, 0.3) is 22.5 Å². The number of nitrogens with one attached hydrogen (secondary N) is 2. The minimum atomic E-state index is -0.626. The van der Waals surface area contributed by atoms with Crippen molar-refractivity contribution in [1.82, 2.24) is 25.1 Å². The van der Waals surface area contributed by atoms with Crippen molar-refractivity contribution in [3.63, 3.8) is 0 Å². The van der Waals surface area contributed by atoms with Gasteiger partial charge in [0.1, 0.15) is 11.5 Å².